The molecule has 6 nitrogen and oxygen atoms in total. The standard InChI is InChI=1S/C38H56F2N4O2/c1-6-7-8-9-10-11-12-13-14-15-16-17-22-38(46,30-20-18-28(2)19-21-30)27-41-29(3)36(45)42-35-26-34(43-44-35)37(4,5)31-23-32(39)25-33(40)24-31/h18-21,23-26,29,41,46H,6-17,22,27H2,1-5H3,(H2,42,43,44,45). The SMILES string of the molecule is CCCCCCCCCCCCCCC(O)(CNC(C)C(=O)Nc1cc(C(C)(C)c2cc(F)cc(F)c2)n[nH]1)c1ccc(C)cc1. The summed E-state index contributed by atoms with van der Waals surface area (Å²) in [7, 11) is 0. The zero-order valence-corrected chi connectivity index (χ0v) is 28.7. The van der Waals surface area contributed by atoms with Gasteiger partial charge in [-0.3, -0.25) is 9.89 Å². The van der Waals surface area contributed by atoms with Gasteiger partial charge in [-0.1, -0.05) is 128 Å². The van der Waals surface area contributed by atoms with Crippen LogP contribution in [-0.4, -0.2) is 33.8 Å². The number of H-pyrrole nitrogens is 1. The van der Waals surface area contributed by atoms with Gasteiger partial charge in [0.25, 0.3) is 0 Å². The fraction of sp³-hybridized carbons (Fsp3) is 0.579. The molecule has 4 N–H and O–H groups in total. The van der Waals surface area contributed by atoms with Gasteiger partial charge < -0.3 is 15.7 Å². The van der Waals surface area contributed by atoms with Crippen LogP contribution < -0.4 is 10.6 Å². The number of nitrogens with one attached hydrogen (secondary N) is 3. The van der Waals surface area contributed by atoms with Crippen molar-refractivity contribution in [3.8, 4) is 0 Å². The summed E-state index contributed by atoms with van der Waals surface area (Å²) >= 11 is 0. The molecular weight excluding hydrogens is 582 g/mol. The van der Waals surface area contributed by atoms with Crippen molar-refractivity contribution in [2.45, 2.75) is 135 Å². The lowest BCUT2D eigenvalue weighted by Gasteiger charge is -2.31. The van der Waals surface area contributed by atoms with E-state index in [1.165, 1.54) is 76.3 Å². The van der Waals surface area contributed by atoms with Crippen molar-refractivity contribution in [2.75, 3.05) is 11.9 Å². The Kier molecular flexibility index (Phi) is 14.9. The summed E-state index contributed by atoms with van der Waals surface area (Å²) in [5, 5.41) is 25.0. The number of aryl methyl sites for hydroxylation is 1. The number of nitrogens with zero attached hydrogens (tertiary/aromatic N) is 1. The Morgan fingerprint density at radius 2 is 1.39 bits per heavy atom. The Morgan fingerprint density at radius 3 is 1.96 bits per heavy atom. The second-order valence-electron chi connectivity index (χ2n) is 13.6. The van der Waals surface area contributed by atoms with E-state index in [0.29, 0.717) is 23.5 Å². The third-order valence-electron chi connectivity index (χ3n) is 9.19. The minimum atomic E-state index is -1.11. The van der Waals surface area contributed by atoms with E-state index in [2.05, 4.69) is 27.8 Å². The molecule has 0 aliphatic rings. The number of anilines is 1. The molecular formula is C38H56F2N4O2. The number of aromatic amines is 1. The third kappa shape index (κ3) is 11.6. The number of unbranched alkanes of at least 4 members (excludes halogenated alkanes) is 11. The molecule has 0 aliphatic carbocycles. The molecule has 0 radical (unpaired) electrons. The van der Waals surface area contributed by atoms with Crippen molar-refractivity contribution in [2.24, 2.45) is 0 Å². The Morgan fingerprint density at radius 1 is 0.848 bits per heavy atom. The van der Waals surface area contributed by atoms with Gasteiger partial charge in [0, 0.05) is 24.1 Å². The highest BCUT2D eigenvalue weighted by atomic mass is 19.1. The summed E-state index contributed by atoms with van der Waals surface area (Å²) in [6, 6.07) is 12.4. The molecule has 2 unspecified atom stereocenters. The fourth-order valence-corrected chi connectivity index (χ4v) is 5.88. The maximum Gasteiger partial charge on any atom is 0.242 e. The Labute approximate surface area is 275 Å². The summed E-state index contributed by atoms with van der Waals surface area (Å²) in [5.41, 5.74) is 1.03. The smallest absolute Gasteiger partial charge is 0.242 e. The monoisotopic (exact) mass is 638 g/mol. The molecule has 3 rings (SSSR count). The summed E-state index contributed by atoms with van der Waals surface area (Å²) in [5.74, 6) is -1.22. The maximum atomic E-state index is 13.9. The lowest BCUT2D eigenvalue weighted by Crippen LogP contribution is -2.46. The van der Waals surface area contributed by atoms with Crippen molar-refractivity contribution in [3.05, 3.63) is 82.5 Å². The first-order valence-electron chi connectivity index (χ1n) is 17.3. The molecule has 0 aliphatic heterocycles. The van der Waals surface area contributed by atoms with E-state index in [1.807, 2.05) is 45.0 Å². The molecule has 0 saturated carbocycles. The zero-order valence-electron chi connectivity index (χ0n) is 28.7. The van der Waals surface area contributed by atoms with Crippen LogP contribution in [0.1, 0.15) is 134 Å². The second-order valence-corrected chi connectivity index (χ2v) is 13.6. The molecule has 1 aromatic heterocycles. The molecule has 1 heterocycles. The van der Waals surface area contributed by atoms with Crippen LogP contribution in [0.4, 0.5) is 14.6 Å². The van der Waals surface area contributed by atoms with Gasteiger partial charge in [0.05, 0.1) is 11.7 Å². The van der Waals surface area contributed by atoms with E-state index >= 15 is 0 Å². The maximum absolute atomic E-state index is 13.9. The van der Waals surface area contributed by atoms with Gasteiger partial charge in [-0.15, -0.1) is 0 Å². The number of carbonyl (C=O) groups excluding carboxylic acids is 1. The number of hydrogen-bond donors (Lipinski definition) is 4. The molecule has 46 heavy (non-hydrogen) atoms. The number of aromatic nitrogens is 2. The van der Waals surface area contributed by atoms with Gasteiger partial charge in [-0.05, 0) is 43.5 Å². The molecule has 8 heteroatoms. The minimum Gasteiger partial charge on any atom is -0.384 e. The average Bonchev–Trinajstić information content (AvgIpc) is 3.49. The van der Waals surface area contributed by atoms with Crippen molar-refractivity contribution in [3.63, 3.8) is 0 Å². The number of halogens is 2. The number of benzene rings is 2. The molecule has 1 amide bonds. The van der Waals surface area contributed by atoms with Crippen LogP contribution in [0.25, 0.3) is 0 Å². The van der Waals surface area contributed by atoms with Gasteiger partial charge >= 0.3 is 0 Å². The van der Waals surface area contributed by atoms with Crippen molar-refractivity contribution < 1.29 is 18.7 Å². The lowest BCUT2D eigenvalue weighted by atomic mass is 9.81. The van der Waals surface area contributed by atoms with Crippen LogP contribution in [0.5, 0.6) is 0 Å². The highest BCUT2D eigenvalue weighted by Crippen LogP contribution is 2.32. The predicted molar refractivity (Wildman–Crippen MR) is 184 cm³/mol. The Balaban J connectivity index is 1.50. The number of rotatable bonds is 21. The highest BCUT2D eigenvalue weighted by molar-refractivity contribution is 5.93. The number of carbonyl (C=O) groups is 1. The minimum absolute atomic E-state index is 0.231. The molecule has 0 spiro atoms. The van der Waals surface area contributed by atoms with E-state index in [-0.39, 0.29) is 12.5 Å². The van der Waals surface area contributed by atoms with E-state index in [9.17, 15) is 18.7 Å². The second kappa shape index (κ2) is 18.3. The lowest BCUT2D eigenvalue weighted by molar-refractivity contribution is -0.118. The molecule has 0 saturated heterocycles. The predicted octanol–water partition coefficient (Wildman–Crippen LogP) is 9.22. The van der Waals surface area contributed by atoms with E-state index in [0.717, 1.165) is 30.0 Å². The summed E-state index contributed by atoms with van der Waals surface area (Å²) in [6.45, 7) is 9.89. The zero-order chi connectivity index (χ0) is 33.6. The Hall–Kier alpha value is -3.10. The number of hydrogen-bond acceptors (Lipinski definition) is 4. The molecule has 254 valence electrons. The van der Waals surface area contributed by atoms with Crippen LogP contribution in [0.2, 0.25) is 0 Å². The fourth-order valence-electron chi connectivity index (χ4n) is 5.88. The van der Waals surface area contributed by atoms with Gasteiger partial charge in [0.15, 0.2) is 0 Å². The number of amides is 1. The third-order valence-corrected chi connectivity index (χ3v) is 9.19. The summed E-state index contributed by atoms with van der Waals surface area (Å²) in [4.78, 5) is 13.1. The largest absolute Gasteiger partial charge is 0.384 e. The molecule has 0 bridgehead atoms. The van der Waals surface area contributed by atoms with E-state index < -0.39 is 28.7 Å². The van der Waals surface area contributed by atoms with Gasteiger partial charge in [-0.2, -0.15) is 5.10 Å². The summed E-state index contributed by atoms with van der Waals surface area (Å²) in [6.07, 6.45) is 15.7. The average molecular weight is 639 g/mol. The van der Waals surface area contributed by atoms with Crippen molar-refractivity contribution >= 4 is 11.7 Å². The molecule has 3 aromatic rings. The van der Waals surface area contributed by atoms with Crippen LogP contribution in [-0.2, 0) is 15.8 Å². The molecule has 2 atom stereocenters. The molecule has 0 fully saturated rings. The van der Waals surface area contributed by atoms with Crippen LogP contribution >= 0.6 is 0 Å². The van der Waals surface area contributed by atoms with Gasteiger partial charge in [0.1, 0.15) is 23.1 Å². The van der Waals surface area contributed by atoms with Gasteiger partial charge in [-0.25, -0.2) is 8.78 Å². The normalized spacial score (nSPS) is 13.8. The quantitative estimate of drug-likeness (QED) is 0.0876. The summed E-state index contributed by atoms with van der Waals surface area (Å²) < 4.78 is 27.7. The topological polar surface area (TPSA) is 90.0 Å². The van der Waals surface area contributed by atoms with Crippen molar-refractivity contribution in [1.82, 2.24) is 15.5 Å². The van der Waals surface area contributed by atoms with Crippen LogP contribution in [0, 0.1) is 18.6 Å². The Bertz CT molecular complexity index is 1320. The highest BCUT2D eigenvalue weighted by Gasteiger charge is 2.31. The number of aliphatic hydroxyl groups is 1. The van der Waals surface area contributed by atoms with Crippen molar-refractivity contribution in [1.29, 1.82) is 0 Å². The van der Waals surface area contributed by atoms with Gasteiger partial charge in [0.2, 0.25) is 5.91 Å². The molecule has 2 aromatic carbocycles. The van der Waals surface area contributed by atoms with Crippen LogP contribution in [0.3, 0.4) is 0 Å². The van der Waals surface area contributed by atoms with Crippen LogP contribution in [0.15, 0.2) is 48.5 Å². The first-order chi connectivity index (χ1) is 21.9. The first-order valence-corrected chi connectivity index (χ1v) is 17.3. The van der Waals surface area contributed by atoms with E-state index in [4.69, 9.17) is 0 Å². The van der Waals surface area contributed by atoms with E-state index in [1.54, 1.807) is 13.0 Å². The first kappa shape index (κ1) is 37.4.